The molecule has 4 N–H and O–H groups in total. The van der Waals surface area contributed by atoms with Gasteiger partial charge in [0.1, 0.15) is 0 Å². The molecule has 4 heteroatoms. The summed E-state index contributed by atoms with van der Waals surface area (Å²) < 4.78 is 0. The molecule has 25 heavy (non-hydrogen) atoms. The molecular weight excluding hydrogens is 316 g/mol. The van der Waals surface area contributed by atoms with Crippen molar-refractivity contribution in [1.29, 1.82) is 0 Å². The van der Waals surface area contributed by atoms with Crippen LogP contribution in [0.5, 0.6) is 0 Å². The van der Waals surface area contributed by atoms with Crippen LogP contribution >= 0.6 is 0 Å². The van der Waals surface area contributed by atoms with Crippen LogP contribution in [0.4, 0.5) is 0 Å². The number of hydrogen-bond donors (Lipinski definition) is 4. The van der Waals surface area contributed by atoms with Gasteiger partial charge in [-0.2, -0.15) is 0 Å². The summed E-state index contributed by atoms with van der Waals surface area (Å²) in [7, 11) is 0. The first kappa shape index (κ1) is 17.7. The van der Waals surface area contributed by atoms with Gasteiger partial charge in [0.25, 0.3) is 0 Å². The van der Waals surface area contributed by atoms with E-state index in [0.717, 1.165) is 25.7 Å². The fraction of sp³-hybridized carbons (Fsp3) is 0.810. The van der Waals surface area contributed by atoms with E-state index in [2.05, 4.69) is 20.4 Å². The largest absolute Gasteiger partial charge is 0.393 e. The Morgan fingerprint density at radius 1 is 1.16 bits per heavy atom. The van der Waals surface area contributed by atoms with Crippen LogP contribution in [0.2, 0.25) is 0 Å². The Labute approximate surface area is 150 Å². The quantitative estimate of drug-likeness (QED) is 0.548. The summed E-state index contributed by atoms with van der Waals surface area (Å²) in [6.07, 6.45) is 6.45. The number of hydrogen-bond acceptors (Lipinski definition) is 4. The van der Waals surface area contributed by atoms with Crippen molar-refractivity contribution in [3.63, 3.8) is 0 Å². The first-order chi connectivity index (χ1) is 11.7. The van der Waals surface area contributed by atoms with Gasteiger partial charge in [-0.3, -0.25) is 0 Å². The molecule has 0 amide bonds. The minimum absolute atomic E-state index is 0.0148. The van der Waals surface area contributed by atoms with Crippen molar-refractivity contribution in [3.8, 4) is 0 Å². The molecule has 0 saturated heterocycles. The Morgan fingerprint density at radius 2 is 1.88 bits per heavy atom. The fourth-order valence-corrected chi connectivity index (χ4v) is 7.08. The molecule has 0 aromatic carbocycles. The summed E-state index contributed by atoms with van der Waals surface area (Å²) in [5.41, 5.74) is -0.351. The summed E-state index contributed by atoms with van der Waals surface area (Å²) >= 11 is 0. The number of rotatable bonds is 1. The molecule has 4 aliphatic carbocycles. The Balaban J connectivity index is 1.78. The van der Waals surface area contributed by atoms with Crippen molar-refractivity contribution in [1.82, 2.24) is 0 Å². The molecule has 3 fully saturated rings. The van der Waals surface area contributed by atoms with Crippen LogP contribution < -0.4 is 0 Å². The van der Waals surface area contributed by atoms with E-state index < -0.39 is 23.2 Å². The van der Waals surface area contributed by atoms with E-state index in [1.165, 1.54) is 5.57 Å². The summed E-state index contributed by atoms with van der Waals surface area (Å²) in [6.45, 7) is 8.17. The SMILES string of the molecule is C=C[C@]1(O)C[C@H](O)C2C3C(CC[C@@]21C)[C@@]1(C)CC[C@@H](O)CC1=C[C@@H]3O. The molecule has 0 aromatic heterocycles. The zero-order valence-electron chi connectivity index (χ0n) is 15.4. The van der Waals surface area contributed by atoms with Gasteiger partial charge in [-0.25, -0.2) is 0 Å². The lowest BCUT2D eigenvalue weighted by atomic mass is 9.46. The maximum Gasteiger partial charge on any atom is 0.0906 e. The average Bonchev–Trinajstić information content (AvgIpc) is 2.76. The minimum Gasteiger partial charge on any atom is -0.393 e. The standard InChI is InChI=1S/C21H32O4/c1-4-21(25)11-16(24)18-17-14(6-8-20(18,21)3)19(2)7-5-13(22)9-12(19)10-15(17)23/h4,10,13-18,22-25H,1,5-9,11H2,2-3H3/t13-,14?,15+,16+,17?,18?,19+,20+,21+/m1/s1. The molecule has 0 spiro atoms. The number of aliphatic hydroxyl groups excluding tert-OH is 3. The molecule has 4 aliphatic rings. The molecule has 4 nitrogen and oxygen atoms in total. The lowest BCUT2D eigenvalue weighted by Gasteiger charge is -2.59. The first-order valence-electron chi connectivity index (χ1n) is 9.78. The third-order valence-electron chi connectivity index (χ3n) is 8.62. The van der Waals surface area contributed by atoms with E-state index in [-0.39, 0.29) is 29.3 Å². The molecule has 3 unspecified atom stereocenters. The van der Waals surface area contributed by atoms with Gasteiger partial charge in [0.05, 0.1) is 23.9 Å². The Morgan fingerprint density at radius 3 is 2.56 bits per heavy atom. The van der Waals surface area contributed by atoms with Crippen molar-refractivity contribution in [2.75, 3.05) is 0 Å². The third-order valence-corrected chi connectivity index (χ3v) is 8.62. The molecule has 4 rings (SSSR count). The topological polar surface area (TPSA) is 80.9 Å². The van der Waals surface area contributed by atoms with E-state index in [4.69, 9.17) is 0 Å². The second kappa shape index (κ2) is 5.41. The molecule has 140 valence electrons. The number of fused-ring (bicyclic) bond motifs is 5. The van der Waals surface area contributed by atoms with Gasteiger partial charge in [-0.15, -0.1) is 6.58 Å². The normalized spacial score (nSPS) is 57.9. The lowest BCUT2D eigenvalue weighted by Crippen LogP contribution is -2.58. The molecule has 0 aromatic rings. The zero-order valence-corrected chi connectivity index (χ0v) is 15.4. The van der Waals surface area contributed by atoms with Gasteiger partial charge in [0.15, 0.2) is 0 Å². The second-order valence-electron chi connectivity index (χ2n) is 9.56. The van der Waals surface area contributed by atoms with Gasteiger partial charge in [0.2, 0.25) is 0 Å². The number of aliphatic hydroxyl groups is 4. The molecule has 0 radical (unpaired) electrons. The van der Waals surface area contributed by atoms with E-state index >= 15 is 0 Å². The van der Waals surface area contributed by atoms with E-state index in [1.54, 1.807) is 6.08 Å². The van der Waals surface area contributed by atoms with E-state index in [0.29, 0.717) is 12.8 Å². The summed E-state index contributed by atoms with van der Waals surface area (Å²) in [4.78, 5) is 0. The summed E-state index contributed by atoms with van der Waals surface area (Å²) in [6, 6.07) is 0. The van der Waals surface area contributed by atoms with Crippen LogP contribution in [0.3, 0.4) is 0 Å². The predicted octanol–water partition coefficient (Wildman–Crippen LogP) is 2.17. The first-order valence-corrected chi connectivity index (χ1v) is 9.78. The monoisotopic (exact) mass is 348 g/mol. The molecule has 3 saturated carbocycles. The summed E-state index contributed by atoms with van der Waals surface area (Å²) in [5, 5.41) is 43.0. The lowest BCUT2D eigenvalue weighted by molar-refractivity contribution is -0.138. The van der Waals surface area contributed by atoms with Gasteiger partial charge >= 0.3 is 0 Å². The van der Waals surface area contributed by atoms with Crippen LogP contribution in [0, 0.1) is 28.6 Å². The molecule has 9 atom stereocenters. The smallest absolute Gasteiger partial charge is 0.0906 e. The Hall–Kier alpha value is -0.680. The minimum atomic E-state index is -1.07. The Kier molecular flexibility index (Phi) is 3.84. The maximum atomic E-state index is 11.1. The Bertz CT molecular complexity index is 615. The summed E-state index contributed by atoms with van der Waals surface area (Å²) in [5.74, 6) is 0.104. The highest BCUT2D eigenvalue weighted by molar-refractivity contribution is 5.30. The van der Waals surface area contributed by atoms with Gasteiger partial charge in [0, 0.05) is 11.8 Å². The molecule has 0 bridgehead atoms. The van der Waals surface area contributed by atoms with Crippen molar-refractivity contribution in [2.45, 2.75) is 76.3 Å². The highest BCUT2D eigenvalue weighted by Crippen LogP contribution is 2.67. The highest BCUT2D eigenvalue weighted by atomic mass is 16.3. The molecule has 0 heterocycles. The second-order valence-corrected chi connectivity index (χ2v) is 9.56. The van der Waals surface area contributed by atoms with Crippen LogP contribution in [0.15, 0.2) is 24.3 Å². The fourth-order valence-electron chi connectivity index (χ4n) is 7.08. The van der Waals surface area contributed by atoms with Crippen molar-refractivity contribution in [3.05, 3.63) is 24.3 Å². The predicted molar refractivity (Wildman–Crippen MR) is 95.6 cm³/mol. The van der Waals surface area contributed by atoms with Crippen LogP contribution in [-0.2, 0) is 0 Å². The molecule has 0 aliphatic heterocycles. The van der Waals surface area contributed by atoms with Gasteiger partial charge in [-0.05, 0) is 55.3 Å². The zero-order chi connectivity index (χ0) is 18.2. The van der Waals surface area contributed by atoms with Crippen molar-refractivity contribution >= 4 is 0 Å². The average molecular weight is 348 g/mol. The van der Waals surface area contributed by atoms with E-state index in [9.17, 15) is 20.4 Å². The molecular formula is C21H32O4. The van der Waals surface area contributed by atoms with Crippen LogP contribution in [0.1, 0.15) is 52.4 Å². The van der Waals surface area contributed by atoms with Crippen LogP contribution in [-0.4, -0.2) is 44.3 Å². The van der Waals surface area contributed by atoms with Crippen LogP contribution in [0.25, 0.3) is 0 Å². The highest BCUT2D eigenvalue weighted by Gasteiger charge is 2.67. The maximum absolute atomic E-state index is 11.1. The van der Waals surface area contributed by atoms with Crippen molar-refractivity contribution < 1.29 is 20.4 Å². The van der Waals surface area contributed by atoms with Crippen molar-refractivity contribution in [2.24, 2.45) is 28.6 Å². The van der Waals surface area contributed by atoms with Gasteiger partial charge in [-0.1, -0.05) is 31.6 Å². The van der Waals surface area contributed by atoms with Gasteiger partial charge < -0.3 is 20.4 Å². The third kappa shape index (κ3) is 2.14. The van der Waals surface area contributed by atoms with E-state index in [1.807, 2.05) is 6.08 Å².